The van der Waals surface area contributed by atoms with Gasteiger partial charge in [0.05, 0.1) is 26.4 Å². The van der Waals surface area contributed by atoms with E-state index in [0.29, 0.717) is 13.2 Å². The fourth-order valence-electron chi connectivity index (χ4n) is 1.67. The predicted octanol–water partition coefficient (Wildman–Crippen LogP) is 1.69. The second-order valence-electron chi connectivity index (χ2n) is 4.42. The lowest BCUT2D eigenvalue weighted by atomic mass is 10.1. The average Bonchev–Trinajstić information content (AvgIpc) is 3.08. The summed E-state index contributed by atoms with van der Waals surface area (Å²) in [5.41, 5.74) is -0.155. The molecule has 0 N–H and O–H groups in total. The molecule has 0 aromatic heterocycles. The normalized spacial score (nSPS) is 37.3. The van der Waals surface area contributed by atoms with Gasteiger partial charge in [0.2, 0.25) is 0 Å². The highest BCUT2D eigenvalue weighted by molar-refractivity contribution is 5.00. The van der Waals surface area contributed by atoms with E-state index >= 15 is 0 Å². The molecule has 15 heavy (non-hydrogen) atoms. The van der Waals surface area contributed by atoms with Gasteiger partial charge in [0.15, 0.2) is 0 Å². The largest absolute Gasteiger partial charge is 0.375 e. The van der Waals surface area contributed by atoms with E-state index in [1.165, 1.54) is 0 Å². The van der Waals surface area contributed by atoms with Crippen LogP contribution in [0.1, 0.15) is 12.8 Å². The van der Waals surface area contributed by atoms with Gasteiger partial charge in [0.25, 0.3) is 0 Å². The van der Waals surface area contributed by atoms with Crippen LogP contribution in [-0.4, -0.2) is 37.6 Å². The van der Waals surface area contributed by atoms with Crippen LogP contribution in [0, 0.1) is 0 Å². The molecule has 0 saturated carbocycles. The molecule has 2 fully saturated rings. The second kappa shape index (κ2) is 4.08. The highest BCUT2D eigenvalue weighted by atomic mass is 16.6. The van der Waals surface area contributed by atoms with Crippen molar-refractivity contribution in [2.24, 2.45) is 0 Å². The number of hydrogen-bond donors (Lipinski definition) is 0. The number of hydrogen-bond acceptors (Lipinski definition) is 3. The van der Waals surface area contributed by atoms with E-state index in [1.54, 1.807) is 0 Å². The van der Waals surface area contributed by atoms with Crippen LogP contribution >= 0.6 is 0 Å². The molecule has 2 rings (SSSR count). The number of ether oxygens (including phenoxy) is 3. The van der Waals surface area contributed by atoms with Crippen LogP contribution in [0.25, 0.3) is 0 Å². The molecule has 0 aromatic rings. The third kappa shape index (κ3) is 2.68. The highest BCUT2D eigenvalue weighted by Crippen LogP contribution is 2.34. The summed E-state index contributed by atoms with van der Waals surface area (Å²) in [6.45, 7) is 10.3. The molecule has 3 heteroatoms. The lowest BCUT2D eigenvalue weighted by molar-refractivity contribution is 0.0437. The minimum atomic E-state index is -0.0774. The molecule has 2 aliphatic heterocycles. The molecule has 0 amide bonds. The van der Waals surface area contributed by atoms with Gasteiger partial charge < -0.3 is 14.2 Å². The molecule has 2 unspecified atom stereocenters. The predicted molar refractivity (Wildman–Crippen MR) is 57.8 cm³/mol. The van der Waals surface area contributed by atoms with Gasteiger partial charge in [0, 0.05) is 0 Å². The van der Waals surface area contributed by atoms with E-state index < -0.39 is 0 Å². The van der Waals surface area contributed by atoms with Crippen molar-refractivity contribution in [1.82, 2.24) is 0 Å². The van der Waals surface area contributed by atoms with Crippen LogP contribution in [0.4, 0.5) is 0 Å². The van der Waals surface area contributed by atoms with Crippen molar-refractivity contribution in [3.05, 3.63) is 25.3 Å². The van der Waals surface area contributed by atoms with Crippen molar-refractivity contribution in [2.75, 3.05) is 26.4 Å². The third-order valence-corrected chi connectivity index (χ3v) is 2.87. The molecule has 0 aliphatic carbocycles. The summed E-state index contributed by atoms with van der Waals surface area (Å²) >= 11 is 0. The Bertz CT molecular complexity index is 226. The maximum atomic E-state index is 5.65. The van der Waals surface area contributed by atoms with Crippen LogP contribution in [0.2, 0.25) is 0 Å². The van der Waals surface area contributed by atoms with Crippen molar-refractivity contribution in [3.8, 4) is 0 Å². The van der Waals surface area contributed by atoms with Crippen LogP contribution in [-0.2, 0) is 14.2 Å². The van der Waals surface area contributed by atoms with Gasteiger partial charge in [-0.05, 0) is 12.8 Å². The summed E-state index contributed by atoms with van der Waals surface area (Å²) in [7, 11) is 0. The Morgan fingerprint density at radius 2 is 1.40 bits per heavy atom. The molecule has 2 aliphatic rings. The van der Waals surface area contributed by atoms with Gasteiger partial charge in [-0.2, -0.15) is 0 Å². The molecule has 2 heterocycles. The van der Waals surface area contributed by atoms with E-state index in [2.05, 4.69) is 13.2 Å². The summed E-state index contributed by atoms with van der Waals surface area (Å²) < 4.78 is 16.4. The van der Waals surface area contributed by atoms with Crippen LogP contribution in [0.5, 0.6) is 0 Å². The van der Waals surface area contributed by atoms with Crippen LogP contribution in [0.3, 0.4) is 0 Å². The SMILES string of the molecule is C=CCC1(COCC2(CC=C)CO2)CO1. The van der Waals surface area contributed by atoms with E-state index in [-0.39, 0.29) is 11.2 Å². The van der Waals surface area contributed by atoms with Crippen molar-refractivity contribution < 1.29 is 14.2 Å². The first-order valence-corrected chi connectivity index (χ1v) is 5.32. The Labute approximate surface area is 90.7 Å². The Hall–Kier alpha value is -0.640. The maximum absolute atomic E-state index is 5.65. The molecule has 0 bridgehead atoms. The van der Waals surface area contributed by atoms with E-state index in [1.807, 2.05) is 12.2 Å². The topological polar surface area (TPSA) is 34.3 Å². The Morgan fingerprint density at radius 3 is 1.67 bits per heavy atom. The minimum Gasteiger partial charge on any atom is -0.375 e. The van der Waals surface area contributed by atoms with Crippen molar-refractivity contribution >= 4 is 0 Å². The first-order valence-electron chi connectivity index (χ1n) is 5.32. The summed E-state index contributed by atoms with van der Waals surface area (Å²) in [5.74, 6) is 0. The average molecular weight is 210 g/mol. The molecular weight excluding hydrogens is 192 g/mol. The lowest BCUT2D eigenvalue weighted by Crippen LogP contribution is -2.25. The van der Waals surface area contributed by atoms with Crippen LogP contribution in [0.15, 0.2) is 25.3 Å². The fourth-order valence-corrected chi connectivity index (χ4v) is 1.67. The maximum Gasteiger partial charge on any atom is 0.118 e. The summed E-state index contributed by atoms with van der Waals surface area (Å²) in [6, 6.07) is 0. The molecule has 3 nitrogen and oxygen atoms in total. The Kier molecular flexibility index (Phi) is 2.96. The van der Waals surface area contributed by atoms with Gasteiger partial charge >= 0.3 is 0 Å². The Balaban J connectivity index is 1.66. The van der Waals surface area contributed by atoms with Crippen molar-refractivity contribution in [2.45, 2.75) is 24.0 Å². The summed E-state index contributed by atoms with van der Waals surface area (Å²) in [6.07, 6.45) is 5.48. The van der Waals surface area contributed by atoms with Gasteiger partial charge in [-0.3, -0.25) is 0 Å². The lowest BCUT2D eigenvalue weighted by Gasteiger charge is -2.13. The molecular formula is C12H18O3. The second-order valence-corrected chi connectivity index (χ2v) is 4.42. The minimum absolute atomic E-state index is 0.0774. The van der Waals surface area contributed by atoms with Gasteiger partial charge in [-0.1, -0.05) is 12.2 Å². The quantitative estimate of drug-likeness (QED) is 0.451. The number of rotatable bonds is 8. The van der Waals surface area contributed by atoms with Crippen molar-refractivity contribution in [3.63, 3.8) is 0 Å². The highest BCUT2D eigenvalue weighted by Gasteiger charge is 2.47. The standard InChI is InChI=1S/C12H18O3/c1-3-5-11(9-14-11)7-13-8-12(6-4-2)10-15-12/h3-4H,1-2,5-10H2. The molecule has 2 saturated heterocycles. The van der Waals surface area contributed by atoms with Crippen molar-refractivity contribution in [1.29, 1.82) is 0 Å². The first kappa shape index (κ1) is 10.9. The zero-order valence-corrected chi connectivity index (χ0v) is 9.04. The summed E-state index contributed by atoms with van der Waals surface area (Å²) in [5, 5.41) is 0. The molecule has 0 spiro atoms. The van der Waals surface area contributed by atoms with E-state index in [0.717, 1.165) is 26.1 Å². The summed E-state index contributed by atoms with van der Waals surface area (Å²) in [4.78, 5) is 0. The molecule has 84 valence electrons. The van der Waals surface area contributed by atoms with E-state index in [4.69, 9.17) is 14.2 Å². The van der Waals surface area contributed by atoms with Gasteiger partial charge in [-0.15, -0.1) is 13.2 Å². The smallest absolute Gasteiger partial charge is 0.118 e. The van der Waals surface area contributed by atoms with E-state index in [9.17, 15) is 0 Å². The zero-order valence-electron chi connectivity index (χ0n) is 9.04. The third-order valence-electron chi connectivity index (χ3n) is 2.87. The van der Waals surface area contributed by atoms with Gasteiger partial charge in [-0.25, -0.2) is 0 Å². The zero-order chi connectivity index (χ0) is 10.8. The van der Waals surface area contributed by atoms with Gasteiger partial charge in [0.1, 0.15) is 11.2 Å². The monoisotopic (exact) mass is 210 g/mol. The Morgan fingerprint density at radius 1 is 1.00 bits per heavy atom. The van der Waals surface area contributed by atoms with Crippen LogP contribution < -0.4 is 0 Å². The fraction of sp³-hybridized carbons (Fsp3) is 0.667. The molecule has 0 radical (unpaired) electrons. The molecule has 0 aromatic carbocycles. The molecule has 2 atom stereocenters. The first-order chi connectivity index (χ1) is 7.24. The number of epoxide rings is 2.